The first-order chi connectivity index (χ1) is 67.0. The average Bonchev–Trinajstić information content (AvgIpc) is 1.54. The molecule has 0 aliphatic rings. The van der Waals surface area contributed by atoms with Crippen molar-refractivity contribution in [2.75, 3.05) is 0 Å². The molecule has 0 saturated carbocycles. The molecule has 0 amide bonds. The molecule has 628 valence electrons. The first-order valence-electron chi connectivity index (χ1n) is 45.3. The molecule has 0 aliphatic heterocycles. The summed E-state index contributed by atoms with van der Waals surface area (Å²) in [6.07, 6.45) is 0. The van der Waals surface area contributed by atoms with Crippen molar-refractivity contribution in [1.82, 2.24) is 38.6 Å². The number of benzene rings is 19. The van der Waals surface area contributed by atoms with Crippen molar-refractivity contribution >= 4 is 268 Å². The molecule has 0 spiro atoms. The Labute approximate surface area is 784 Å². The lowest BCUT2D eigenvalue weighted by atomic mass is 9.99. The quantitative estimate of drug-likeness (QED) is 0.156. The SMILES string of the molecule is c1ccc(-c2nc(-c3ccc(-n4c5ccccc5c5c6ccccc6c6c7ccccc7sc6c54)cc3)nc3c2sc2ccccc23)cc1.c1ccc(-c2nc(-n3c4ccccc4c4c5ccccc5c5c6ccccc6sc5c43)cc3c2oc2ccccc23)cc1.c1ccc(-c2nc(-n3c4ccccc4c4c5ccccc5c5c6ccccc6sc5c43)nc3c2oc2ccccc23)cc1. The van der Waals surface area contributed by atoms with Crippen LogP contribution in [-0.4, -0.2) is 38.6 Å². The molecule has 12 aromatic heterocycles. The Bertz CT molecular complexity index is 10100. The summed E-state index contributed by atoms with van der Waals surface area (Å²) in [7, 11) is 0. The second kappa shape index (κ2) is 29.8. The molecule has 0 radical (unpaired) electrons. The van der Waals surface area contributed by atoms with Crippen LogP contribution in [0.5, 0.6) is 0 Å². The number of hydrogen-bond acceptors (Lipinski definition) is 11. The van der Waals surface area contributed by atoms with E-state index < -0.39 is 0 Å². The summed E-state index contributed by atoms with van der Waals surface area (Å²) < 4.78 is 30.1. The molecule has 0 unspecified atom stereocenters. The zero-order valence-electron chi connectivity index (χ0n) is 71.8. The second-order valence-electron chi connectivity index (χ2n) is 34.5. The highest BCUT2D eigenvalue weighted by atomic mass is 32.1. The van der Waals surface area contributed by atoms with Crippen molar-refractivity contribution < 1.29 is 8.83 Å². The monoisotopic (exact) mass is 1790 g/mol. The van der Waals surface area contributed by atoms with E-state index in [4.69, 9.17) is 33.8 Å². The van der Waals surface area contributed by atoms with Gasteiger partial charge in [0, 0.05) is 133 Å². The summed E-state index contributed by atoms with van der Waals surface area (Å²) in [5.74, 6) is 2.26. The Kier molecular flexibility index (Phi) is 16.8. The van der Waals surface area contributed by atoms with Crippen molar-refractivity contribution in [3.05, 3.63) is 413 Å². The van der Waals surface area contributed by atoms with Gasteiger partial charge in [-0.05, 0) is 123 Å². The second-order valence-corrected chi connectivity index (χ2v) is 38.7. The third kappa shape index (κ3) is 11.4. The predicted octanol–water partition coefficient (Wildman–Crippen LogP) is 34.7. The zero-order chi connectivity index (χ0) is 88.2. The summed E-state index contributed by atoms with van der Waals surface area (Å²) in [6.45, 7) is 0. The summed E-state index contributed by atoms with van der Waals surface area (Å²) >= 11 is 7.37. The van der Waals surface area contributed by atoms with Gasteiger partial charge in [-0.1, -0.05) is 322 Å². The highest BCUT2D eigenvalue weighted by molar-refractivity contribution is 7.28. The molecule has 0 saturated heterocycles. The topological polar surface area (TPSA) is 106 Å². The van der Waals surface area contributed by atoms with Crippen molar-refractivity contribution in [3.8, 4) is 62.6 Å². The maximum absolute atomic E-state index is 6.48. The molecule has 0 fully saturated rings. The van der Waals surface area contributed by atoms with Crippen LogP contribution in [0.1, 0.15) is 0 Å². The van der Waals surface area contributed by atoms with Gasteiger partial charge in [0.25, 0.3) is 0 Å². The number of pyridine rings is 1. The first-order valence-corrected chi connectivity index (χ1v) is 48.5. The number of para-hydroxylation sites is 5. The molecule has 31 aromatic rings. The third-order valence-corrected chi connectivity index (χ3v) is 31.9. The van der Waals surface area contributed by atoms with Gasteiger partial charge in [-0.2, -0.15) is 0 Å². The number of rotatable bonds is 7. The van der Waals surface area contributed by atoms with E-state index in [0.29, 0.717) is 11.5 Å². The standard InChI is InChI=1S/C44H25N3S2.C39H22N2OS.C38H21N3OS/c1-2-12-26(13-3-1)39-43-40(33-18-8-11-21-36(33)49-43)46-44(45-39)27-22-24-28(25-23-27)47-34-19-9-6-16-31(34)37-29-14-4-5-15-30(29)38-32-17-7-10-20-35(32)48-42(38)41(37)47;1-2-12-23(13-3-1)36-38-29(24-14-7-10-20-31(24)42-38)22-33(40-36)41-30-19-9-6-17-27(30)34-25-15-4-5-16-26(25)35-28-18-8-11-21-32(28)43-39(35)37(34)41;1-2-12-22(13-3-1)33-36-34(26-17-7-10-20-29(26)42-36)40-38(39-33)41-28-19-9-6-16-25(28)31-23-14-4-5-15-24(23)32-27-18-8-11-21-30(27)43-37(32)35(31)41/h1-25H;1-22H;1-21H. The summed E-state index contributed by atoms with van der Waals surface area (Å²) in [4.78, 5) is 26.5. The van der Waals surface area contributed by atoms with Crippen LogP contribution >= 0.6 is 45.3 Å². The van der Waals surface area contributed by atoms with Gasteiger partial charge in [0.1, 0.15) is 33.9 Å². The largest absolute Gasteiger partial charge is 0.454 e. The van der Waals surface area contributed by atoms with E-state index >= 15 is 0 Å². The number of thiophene rings is 4. The van der Waals surface area contributed by atoms with Crippen LogP contribution < -0.4 is 0 Å². The van der Waals surface area contributed by atoms with Crippen molar-refractivity contribution in [2.45, 2.75) is 0 Å². The van der Waals surface area contributed by atoms with E-state index in [1.807, 2.05) is 88.6 Å². The Balaban J connectivity index is 0.0000000987. The fourth-order valence-corrected chi connectivity index (χ4v) is 26.4. The third-order valence-electron chi connectivity index (χ3n) is 27.2. The molecule has 31 rings (SSSR count). The number of furan rings is 2. The molecular weight excluding hydrogens is 1730 g/mol. The molecule has 10 nitrogen and oxygen atoms in total. The van der Waals surface area contributed by atoms with Crippen molar-refractivity contribution in [3.63, 3.8) is 0 Å². The molecule has 0 bridgehead atoms. The summed E-state index contributed by atoms with van der Waals surface area (Å²) in [6, 6.07) is 146. The van der Waals surface area contributed by atoms with Crippen molar-refractivity contribution in [1.29, 1.82) is 0 Å². The number of hydrogen-bond donors (Lipinski definition) is 0. The van der Waals surface area contributed by atoms with E-state index in [0.717, 1.165) is 122 Å². The van der Waals surface area contributed by atoms with Crippen LogP contribution in [0, 0.1) is 0 Å². The highest BCUT2D eigenvalue weighted by Crippen LogP contribution is 2.54. The highest BCUT2D eigenvalue weighted by Gasteiger charge is 2.30. The maximum atomic E-state index is 6.48. The van der Waals surface area contributed by atoms with Gasteiger partial charge in [-0.15, -0.1) is 45.3 Å². The van der Waals surface area contributed by atoms with E-state index in [1.54, 1.807) is 11.3 Å². The van der Waals surface area contributed by atoms with Crippen LogP contribution in [0.2, 0.25) is 0 Å². The fourth-order valence-electron chi connectivity index (χ4n) is 21.5. The fraction of sp³-hybridized carbons (Fsp3) is 0. The maximum Gasteiger partial charge on any atom is 0.236 e. The van der Waals surface area contributed by atoms with Gasteiger partial charge in [0.15, 0.2) is 17.0 Å². The lowest BCUT2D eigenvalue weighted by Crippen LogP contribution is -2.03. The van der Waals surface area contributed by atoms with Gasteiger partial charge < -0.3 is 13.4 Å². The van der Waals surface area contributed by atoms with Crippen LogP contribution in [0.3, 0.4) is 0 Å². The van der Waals surface area contributed by atoms with E-state index in [-0.39, 0.29) is 0 Å². The van der Waals surface area contributed by atoms with Crippen LogP contribution in [0.4, 0.5) is 0 Å². The molecule has 135 heavy (non-hydrogen) atoms. The summed E-state index contributed by atoms with van der Waals surface area (Å²) in [5.41, 5.74) is 19.9. The van der Waals surface area contributed by atoms with Crippen LogP contribution in [0.15, 0.2) is 421 Å². The zero-order valence-corrected chi connectivity index (χ0v) is 75.1. The summed E-state index contributed by atoms with van der Waals surface area (Å²) in [5, 5.41) is 27.3. The van der Waals surface area contributed by atoms with E-state index in [2.05, 4.69) is 372 Å². The number of nitrogens with zero attached hydrogens (tertiary/aromatic N) is 8. The normalized spacial score (nSPS) is 12.1. The number of aromatic nitrogens is 8. The van der Waals surface area contributed by atoms with Gasteiger partial charge >= 0.3 is 0 Å². The van der Waals surface area contributed by atoms with Crippen molar-refractivity contribution in [2.24, 2.45) is 0 Å². The Morgan fingerprint density at radius 1 is 0.207 bits per heavy atom. The minimum Gasteiger partial charge on any atom is -0.454 e. The molecule has 0 atom stereocenters. The molecule has 12 heterocycles. The lowest BCUT2D eigenvalue weighted by Gasteiger charge is -2.12. The Hall–Kier alpha value is -16.9. The van der Waals surface area contributed by atoms with Crippen LogP contribution in [-0.2, 0) is 0 Å². The van der Waals surface area contributed by atoms with E-state index in [9.17, 15) is 0 Å². The Morgan fingerprint density at radius 2 is 0.556 bits per heavy atom. The molecular formula is C121H68N8O2S4. The smallest absolute Gasteiger partial charge is 0.236 e. The van der Waals surface area contributed by atoms with Gasteiger partial charge in [-0.25, -0.2) is 24.9 Å². The molecule has 0 N–H and O–H groups in total. The molecule has 14 heteroatoms. The van der Waals surface area contributed by atoms with Gasteiger partial charge in [-0.3, -0.25) is 9.13 Å². The minimum atomic E-state index is 0.637. The Morgan fingerprint density at radius 3 is 1.05 bits per heavy atom. The molecule has 0 aliphatic carbocycles. The first kappa shape index (κ1) is 75.9. The van der Waals surface area contributed by atoms with E-state index in [1.165, 1.54) is 152 Å². The minimum absolute atomic E-state index is 0.637. The lowest BCUT2D eigenvalue weighted by molar-refractivity contribution is 0.666. The predicted molar refractivity (Wildman–Crippen MR) is 572 cm³/mol. The number of fused-ring (bicyclic) bond motifs is 39. The molecule has 19 aromatic carbocycles. The average molecular weight is 1790 g/mol. The van der Waals surface area contributed by atoms with Gasteiger partial charge in [0.2, 0.25) is 5.95 Å². The van der Waals surface area contributed by atoms with Gasteiger partial charge in [0.05, 0.1) is 63.1 Å². The van der Waals surface area contributed by atoms with Crippen LogP contribution in [0.25, 0.3) is 285 Å².